The number of aryl methyl sites for hydroxylation is 1. The van der Waals surface area contributed by atoms with Gasteiger partial charge in [-0.05, 0) is 30.7 Å². The van der Waals surface area contributed by atoms with Crippen molar-refractivity contribution in [3.8, 4) is 17.6 Å². The Bertz CT molecular complexity index is 1550. The molecule has 1 aliphatic heterocycles. The fourth-order valence-corrected chi connectivity index (χ4v) is 4.37. The van der Waals surface area contributed by atoms with E-state index in [2.05, 4.69) is 16.4 Å². The Hall–Kier alpha value is -4.39. The molecule has 3 aromatic carbocycles. The van der Waals surface area contributed by atoms with Crippen molar-refractivity contribution in [1.82, 2.24) is 4.98 Å². The van der Waals surface area contributed by atoms with Crippen LogP contribution in [0.3, 0.4) is 0 Å². The summed E-state index contributed by atoms with van der Waals surface area (Å²) in [5, 5.41) is 25.6. The maximum atomic E-state index is 11.9. The Labute approximate surface area is 223 Å². The molecule has 0 bridgehead atoms. The summed E-state index contributed by atoms with van der Waals surface area (Å²) in [5.41, 5.74) is 3.58. The average molecular weight is 531 g/mol. The predicted molar refractivity (Wildman–Crippen MR) is 143 cm³/mol. The largest absolute Gasteiger partial charge is 0.487 e. The lowest BCUT2D eigenvalue weighted by Gasteiger charge is -2.16. The van der Waals surface area contributed by atoms with Crippen LogP contribution in [0.15, 0.2) is 60.8 Å². The van der Waals surface area contributed by atoms with Crippen molar-refractivity contribution >= 4 is 39.6 Å². The van der Waals surface area contributed by atoms with Crippen molar-refractivity contribution in [1.29, 1.82) is 5.26 Å². The van der Waals surface area contributed by atoms with Gasteiger partial charge in [0, 0.05) is 35.8 Å². The molecule has 1 aliphatic rings. The zero-order valence-electron chi connectivity index (χ0n) is 20.4. The van der Waals surface area contributed by atoms with Gasteiger partial charge < -0.3 is 19.5 Å². The Kier molecular flexibility index (Phi) is 7.26. The highest BCUT2D eigenvalue weighted by atomic mass is 35.5. The van der Waals surface area contributed by atoms with Crippen LogP contribution >= 0.6 is 11.6 Å². The molecule has 1 fully saturated rings. The van der Waals surface area contributed by atoms with Gasteiger partial charge in [-0.25, -0.2) is 0 Å². The molecule has 0 saturated carbocycles. The van der Waals surface area contributed by atoms with Gasteiger partial charge in [0.25, 0.3) is 0 Å². The zero-order valence-corrected chi connectivity index (χ0v) is 21.2. The summed E-state index contributed by atoms with van der Waals surface area (Å²) in [6.07, 6.45) is 1.80. The van der Waals surface area contributed by atoms with E-state index in [9.17, 15) is 15.4 Å². The van der Waals surface area contributed by atoms with Crippen molar-refractivity contribution in [2.24, 2.45) is 0 Å². The van der Waals surface area contributed by atoms with E-state index in [0.29, 0.717) is 59.3 Å². The number of halogens is 1. The van der Waals surface area contributed by atoms with Crippen molar-refractivity contribution in [3.63, 3.8) is 0 Å². The number of benzene rings is 3. The lowest BCUT2D eigenvalue weighted by molar-refractivity contribution is -0.385. The van der Waals surface area contributed by atoms with E-state index in [0.717, 1.165) is 5.56 Å². The molecule has 5 rings (SSSR count). The van der Waals surface area contributed by atoms with Crippen molar-refractivity contribution in [2.45, 2.75) is 26.1 Å². The Morgan fingerprint density at radius 2 is 2.03 bits per heavy atom. The first-order chi connectivity index (χ1) is 18.4. The zero-order chi connectivity index (χ0) is 26.6. The smallest absolute Gasteiger partial charge is 0.311 e. The third-order valence-corrected chi connectivity index (χ3v) is 6.46. The molecule has 1 aromatic heterocycles. The summed E-state index contributed by atoms with van der Waals surface area (Å²) in [6.45, 7) is 3.30. The number of hydrogen-bond donors (Lipinski definition) is 1. The van der Waals surface area contributed by atoms with Gasteiger partial charge in [-0.15, -0.1) is 0 Å². The van der Waals surface area contributed by atoms with Gasteiger partial charge in [0.15, 0.2) is 5.75 Å². The fraction of sp³-hybridized carbons (Fsp3) is 0.214. The fourth-order valence-electron chi connectivity index (χ4n) is 4.14. The number of aromatic nitrogens is 1. The molecule has 1 saturated heterocycles. The van der Waals surface area contributed by atoms with Crippen LogP contribution in [-0.4, -0.2) is 29.2 Å². The van der Waals surface area contributed by atoms with E-state index in [1.165, 1.54) is 23.9 Å². The summed E-state index contributed by atoms with van der Waals surface area (Å²) in [5.74, 6) is 0.616. The molecule has 1 atom stereocenters. The molecule has 2 heterocycles. The third kappa shape index (κ3) is 5.47. The van der Waals surface area contributed by atoms with Gasteiger partial charge in [0.1, 0.15) is 24.5 Å². The quantitative estimate of drug-likeness (QED) is 0.203. The lowest BCUT2D eigenvalue weighted by Crippen LogP contribution is -2.16. The molecule has 38 heavy (non-hydrogen) atoms. The molecular formula is C28H23ClN4O5. The number of nitrogens with one attached hydrogen (secondary N) is 1. The summed E-state index contributed by atoms with van der Waals surface area (Å²) in [7, 11) is 0. The van der Waals surface area contributed by atoms with Gasteiger partial charge in [0.2, 0.25) is 0 Å². The Morgan fingerprint density at radius 1 is 1.21 bits per heavy atom. The van der Waals surface area contributed by atoms with Crippen molar-refractivity contribution in [3.05, 3.63) is 92.6 Å². The molecule has 0 aliphatic carbocycles. The first kappa shape index (κ1) is 25.3. The molecule has 0 radical (unpaired) electrons. The molecule has 0 amide bonds. The van der Waals surface area contributed by atoms with Crippen LogP contribution in [0.4, 0.5) is 17.1 Å². The summed E-state index contributed by atoms with van der Waals surface area (Å²) in [4.78, 5) is 15.7. The summed E-state index contributed by atoms with van der Waals surface area (Å²) >= 11 is 6.49. The minimum Gasteiger partial charge on any atom is -0.487 e. The molecule has 0 spiro atoms. The number of pyridine rings is 1. The van der Waals surface area contributed by atoms with E-state index in [1.807, 2.05) is 31.2 Å². The van der Waals surface area contributed by atoms with E-state index < -0.39 is 4.92 Å². The number of nitriles is 1. The van der Waals surface area contributed by atoms with Crippen LogP contribution < -0.4 is 14.8 Å². The molecule has 10 heteroatoms. The van der Waals surface area contributed by atoms with E-state index in [4.69, 9.17) is 25.8 Å². The van der Waals surface area contributed by atoms with Gasteiger partial charge in [0.05, 0.1) is 39.9 Å². The van der Waals surface area contributed by atoms with E-state index in [1.54, 1.807) is 18.2 Å². The standard InChI is InChI=1S/C28H23ClN4O5/c1-17-2-4-18(5-3-17)15-37-26-7-6-20(10-23(26)29)32-28-19(13-30)14-31-24-12-27(38-21-8-9-36-16-21)25(33(34)35)11-22(24)28/h2-7,10-12,14,21H,8-9,15-16H2,1H3,(H,31,32). The topological polar surface area (TPSA) is 120 Å². The van der Waals surface area contributed by atoms with Crippen LogP contribution in [0, 0.1) is 28.4 Å². The first-order valence-electron chi connectivity index (χ1n) is 11.9. The van der Waals surface area contributed by atoms with Gasteiger partial charge in [-0.2, -0.15) is 5.26 Å². The number of rotatable bonds is 8. The van der Waals surface area contributed by atoms with Gasteiger partial charge in [-0.3, -0.25) is 15.1 Å². The second-order valence-corrected chi connectivity index (χ2v) is 9.31. The molecule has 1 unspecified atom stereocenters. The molecule has 9 nitrogen and oxygen atoms in total. The Morgan fingerprint density at radius 3 is 2.71 bits per heavy atom. The molecule has 4 aromatic rings. The molecule has 1 N–H and O–H groups in total. The summed E-state index contributed by atoms with van der Waals surface area (Å²) in [6, 6.07) is 18.2. The number of anilines is 2. The number of nitro groups is 1. The normalized spacial score (nSPS) is 14.7. The first-order valence-corrected chi connectivity index (χ1v) is 12.3. The monoisotopic (exact) mass is 530 g/mol. The number of nitrogens with zero attached hydrogens (tertiary/aromatic N) is 3. The molecular weight excluding hydrogens is 508 g/mol. The van der Waals surface area contributed by atoms with Crippen LogP contribution in [0.25, 0.3) is 10.9 Å². The maximum absolute atomic E-state index is 11.9. The Balaban J connectivity index is 1.44. The minimum atomic E-state index is -0.509. The molecule has 192 valence electrons. The van der Waals surface area contributed by atoms with Crippen LogP contribution in [0.5, 0.6) is 11.5 Å². The highest BCUT2D eigenvalue weighted by molar-refractivity contribution is 6.32. The summed E-state index contributed by atoms with van der Waals surface area (Å²) < 4.78 is 17.0. The second-order valence-electron chi connectivity index (χ2n) is 8.90. The predicted octanol–water partition coefficient (Wildman–Crippen LogP) is 6.47. The van der Waals surface area contributed by atoms with E-state index >= 15 is 0 Å². The van der Waals surface area contributed by atoms with Crippen LogP contribution in [0.2, 0.25) is 5.02 Å². The van der Waals surface area contributed by atoms with E-state index in [-0.39, 0.29) is 23.1 Å². The maximum Gasteiger partial charge on any atom is 0.311 e. The third-order valence-electron chi connectivity index (χ3n) is 6.16. The highest BCUT2D eigenvalue weighted by Crippen LogP contribution is 2.38. The number of nitro benzene ring substituents is 1. The van der Waals surface area contributed by atoms with Crippen LogP contribution in [0.1, 0.15) is 23.1 Å². The lowest BCUT2D eigenvalue weighted by atomic mass is 10.1. The SMILES string of the molecule is Cc1ccc(COc2ccc(Nc3c(C#N)cnc4cc(OC5CCOC5)c([N+](=O)[O-])cc34)cc2Cl)cc1. The number of ether oxygens (including phenoxy) is 3. The van der Waals surface area contributed by atoms with Gasteiger partial charge in [-0.1, -0.05) is 41.4 Å². The van der Waals surface area contributed by atoms with Crippen LogP contribution in [-0.2, 0) is 11.3 Å². The number of fused-ring (bicyclic) bond motifs is 1. The van der Waals surface area contributed by atoms with Gasteiger partial charge >= 0.3 is 5.69 Å². The highest BCUT2D eigenvalue weighted by Gasteiger charge is 2.25. The number of hydrogen-bond acceptors (Lipinski definition) is 8. The second kappa shape index (κ2) is 10.9. The van der Waals surface area contributed by atoms with Crippen molar-refractivity contribution in [2.75, 3.05) is 18.5 Å². The van der Waals surface area contributed by atoms with Crippen molar-refractivity contribution < 1.29 is 19.1 Å². The minimum absolute atomic E-state index is 0.110. The average Bonchev–Trinajstić information content (AvgIpc) is 3.42.